The van der Waals surface area contributed by atoms with E-state index >= 15 is 0 Å². The van der Waals surface area contributed by atoms with Crippen LogP contribution in [0.2, 0.25) is 0 Å². The molecule has 0 bridgehead atoms. The van der Waals surface area contributed by atoms with Gasteiger partial charge in [0.15, 0.2) is 0 Å². The van der Waals surface area contributed by atoms with Gasteiger partial charge >= 0.3 is 0 Å². The lowest BCUT2D eigenvalue weighted by Gasteiger charge is -2.10. The zero-order valence-electron chi connectivity index (χ0n) is 11.6. The van der Waals surface area contributed by atoms with E-state index in [2.05, 4.69) is 36.5 Å². The normalized spacial score (nSPS) is 12.7. The molecule has 1 atom stereocenters. The van der Waals surface area contributed by atoms with Gasteiger partial charge in [0.25, 0.3) is 0 Å². The van der Waals surface area contributed by atoms with Crippen LogP contribution in [0.4, 0.5) is 0 Å². The van der Waals surface area contributed by atoms with Crippen molar-refractivity contribution >= 4 is 38.6 Å². The van der Waals surface area contributed by atoms with E-state index < -0.39 is 0 Å². The molecular formula is C16H15BrClN3. The van der Waals surface area contributed by atoms with E-state index in [1.54, 1.807) is 0 Å². The quantitative estimate of drug-likeness (QED) is 0.626. The van der Waals surface area contributed by atoms with Crippen molar-refractivity contribution in [2.24, 2.45) is 0 Å². The zero-order valence-corrected chi connectivity index (χ0v) is 14.0. The molecule has 0 spiro atoms. The summed E-state index contributed by atoms with van der Waals surface area (Å²) in [6.45, 7) is 2.81. The third-order valence-corrected chi connectivity index (χ3v) is 4.16. The summed E-state index contributed by atoms with van der Waals surface area (Å²) in [5, 5.41) is -0.117. The standard InChI is InChI=1S/C16H15BrClN3/c1-11(18)16-20-14-10-13(17)2-3-15(14)21(16)9-6-12-4-7-19-8-5-12/h2-5,7-8,10-11H,6,9H2,1H3. The van der Waals surface area contributed by atoms with Crippen LogP contribution in [0.3, 0.4) is 0 Å². The molecule has 108 valence electrons. The molecule has 2 aromatic heterocycles. The van der Waals surface area contributed by atoms with Crippen LogP contribution >= 0.6 is 27.5 Å². The van der Waals surface area contributed by atoms with Gasteiger partial charge in [-0.2, -0.15) is 0 Å². The average molecular weight is 365 g/mol. The fourth-order valence-electron chi connectivity index (χ4n) is 2.45. The number of rotatable bonds is 4. The maximum atomic E-state index is 6.30. The molecule has 0 aliphatic carbocycles. The molecule has 0 N–H and O–H groups in total. The Kier molecular flexibility index (Phi) is 4.27. The summed E-state index contributed by atoms with van der Waals surface area (Å²) in [7, 11) is 0. The highest BCUT2D eigenvalue weighted by Gasteiger charge is 2.15. The van der Waals surface area contributed by atoms with Crippen molar-refractivity contribution in [3.05, 3.63) is 58.6 Å². The van der Waals surface area contributed by atoms with Gasteiger partial charge in [-0.25, -0.2) is 4.98 Å². The first kappa shape index (κ1) is 14.5. The number of hydrogen-bond acceptors (Lipinski definition) is 2. The number of pyridine rings is 1. The van der Waals surface area contributed by atoms with Gasteiger partial charge in [0, 0.05) is 23.4 Å². The number of benzene rings is 1. The molecule has 0 saturated heterocycles. The number of alkyl halides is 1. The summed E-state index contributed by atoms with van der Waals surface area (Å²) in [6.07, 6.45) is 4.58. The van der Waals surface area contributed by atoms with Crippen LogP contribution in [0.15, 0.2) is 47.2 Å². The molecule has 21 heavy (non-hydrogen) atoms. The molecule has 3 rings (SSSR count). The molecule has 0 amide bonds. The molecule has 2 heterocycles. The third-order valence-electron chi connectivity index (χ3n) is 3.47. The smallest absolute Gasteiger partial charge is 0.127 e. The molecule has 0 radical (unpaired) electrons. The Morgan fingerprint density at radius 1 is 1.24 bits per heavy atom. The fourth-order valence-corrected chi connectivity index (χ4v) is 2.97. The van der Waals surface area contributed by atoms with E-state index in [0.717, 1.165) is 34.3 Å². The molecule has 3 aromatic rings. The van der Waals surface area contributed by atoms with Crippen LogP contribution in [-0.2, 0) is 13.0 Å². The first-order valence-corrected chi connectivity index (χ1v) is 8.07. The van der Waals surface area contributed by atoms with Gasteiger partial charge in [-0.3, -0.25) is 4.98 Å². The molecule has 1 unspecified atom stereocenters. The number of hydrogen-bond donors (Lipinski definition) is 0. The van der Waals surface area contributed by atoms with Gasteiger partial charge in [-0.1, -0.05) is 15.9 Å². The maximum absolute atomic E-state index is 6.30. The number of imidazole rings is 1. The number of fused-ring (bicyclic) bond motifs is 1. The number of nitrogens with zero attached hydrogens (tertiary/aromatic N) is 3. The summed E-state index contributed by atoms with van der Waals surface area (Å²) in [5.74, 6) is 0.916. The summed E-state index contributed by atoms with van der Waals surface area (Å²) >= 11 is 9.79. The molecule has 1 aromatic carbocycles. The van der Waals surface area contributed by atoms with E-state index in [4.69, 9.17) is 11.6 Å². The number of aryl methyl sites for hydroxylation is 2. The average Bonchev–Trinajstić information content (AvgIpc) is 2.84. The van der Waals surface area contributed by atoms with Crippen molar-refractivity contribution in [2.75, 3.05) is 0 Å². The largest absolute Gasteiger partial charge is 0.326 e. The predicted molar refractivity (Wildman–Crippen MR) is 89.6 cm³/mol. The lowest BCUT2D eigenvalue weighted by Crippen LogP contribution is -2.06. The summed E-state index contributed by atoms with van der Waals surface area (Å²) in [4.78, 5) is 8.72. The van der Waals surface area contributed by atoms with Gasteiger partial charge in [-0.15, -0.1) is 11.6 Å². The lowest BCUT2D eigenvalue weighted by molar-refractivity contribution is 0.668. The van der Waals surface area contributed by atoms with Crippen LogP contribution < -0.4 is 0 Å². The lowest BCUT2D eigenvalue weighted by atomic mass is 10.2. The van der Waals surface area contributed by atoms with Gasteiger partial charge < -0.3 is 4.57 Å². The van der Waals surface area contributed by atoms with E-state index in [9.17, 15) is 0 Å². The van der Waals surface area contributed by atoms with Gasteiger partial charge in [0.1, 0.15) is 5.82 Å². The monoisotopic (exact) mass is 363 g/mol. The van der Waals surface area contributed by atoms with Gasteiger partial charge in [0.05, 0.1) is 16.4 Å². The summed E-state index contributed by atoms with van der Waals surface area (Å²) < 4.78 is 3.24. The Labute approximate surface area is 137 Å². The van der Waals surface area contributed by atoms with E-state index in [-0.39, 0.29) is 5.38 Å². The summed E-state index contributed by atoms with van der Waals surface area (Å²) in [5.41, 5.74) is 3.36. The minimum atomic E-state index is -0.117. The molecular weight excluding hydrogens is 350 g/mol. The second-order valence-electron chi connectivity index (χ2n) is 4.98. The van der Waals surface area contributed by atoms with Crippen molar-refractivity contribution in [1.29, 1.82) is 0 Å². The molecule has 0 aliphatic rings. The van der Waals surface area contributed by atoms with Crippen molar-refractivity contribution in [1.82, 2.24) is 14.5 Å². The highest BCUT2D eigenvalue weighted by Crippen LogP contribution is 2.27. The SMILES string of the molecule is CC(Cl)c1nc2cc(Br)ccc2n1CCc1ccncc1. The van der Waals surface area contributed by atoms with Crippen LogP contribution in [0.1, 0.15) is 23.7 Å². The van der Waals surface area contributed by atoms with Crippen LogP contribution in [0.5, 0.6) is 0 Å². The van der Waals surface area contributed by atoms with Gasteiger partial charge in [0.2, 0.25) is 0 Å². The van der Waals surface area contributed by atoms with Crippen molar-refractivity contribution in [2.45, 2.75) is 25.3 Å². The van der Waals surface area contributed by atoms with Crippen LogP contribution in [-0.4, -0.2) is 14.5 Å². The molecule has 3 nitrogen and oxygen atoms in total. The fraction of sp³-hybridized carbons (Fsp3) is 0.250. The topological polar surface area (TPSA) is 30.7 Å². The molecule has 0 fully saturated rings. The summed E-state index contributed by atoms with van der Waals surface area (Å²) in [6, 6.07) is 10.2. The Hall–Kier alpha value is -1.39. The second kappa shape index (κ2) is 6.16. The highest BCUT2D eigenvalue weighted by atomic mass is 79.9. The third kappa shape index (κ3) is 3.11. The Morgan fingerprint density at radius 3 is 2.71 bits per heavy atom. The minimum absolute atomic E-state index is 0.117. The predicted octanol–water partition coefficient (Wildman–Crippen LogP) is 4.74. The van der Waals surface area contributed by atoms with Crippen LogP contribution in [0, 0.1) is 0 Å². The van der Waals surface area contributed by atoms with E-state index in [1.807, 2.05) is 43.6 Å². The van der Waals surface area contributed by atoms with E-state index in [0.29, 0.717) is 0 Å². The van der Waals surface area contributed by atoms with E-state index in [1.165, 1.54) is 5.56 Å². The van der Waals surface area contributed by atoms with Crippen molar-refractivity contribution in [3.8, 4) is 0 Å². The second-order valence-corrected chi connectivity index (χ2v) is 6.55. The Morgan fingerprint density at radius 2 is 2.00 bits per heavy atom. The van der Waals surface area contributed by atoms with Crippen LogP contribution in [0.25, 0.3) is 11.0 Å². The first-order chi connectivity index (χ1) is 10.1. The Balaban J connectivity index is 1.97. The van der Waals surface area contributed by atoms with Crippen molar-refractivity contribution < 1.29 is 0 Å². The zero-order chi connectivity index (χ0) is 14.8. The minimum Gasteiger partial charge on any atom is -0.326 e. The van der Waals surface area contributed by atoms with Gasteiger partial charge in [-0.05, 0) is 49.2 Å². The first-order valence-electron chi connectivity index (χ1n) is 6.84. The number of halogens is 2. The molecule has 0 saturated carbocycles. The molecule has 5 heteroatoms. The van der Waals surface area contributed by atoms with Crippen molar-refractivity contribution in [3.63, 3.8) is 0 Å². The Bertz CT molecular complexity index is 753. The maximum Gasteiger partial charge on any atom is 0.127 e. The number of aromatic nitrogens is 3. The highest BCUT2D eigenvalue weighted by molar-refractivity contribution is 9.10. The molecule has 0 aliphatic heterocycles.